The lowest BCUT2D eigenvalue weighted by molar-refractivity contribution is -0.141. The van der Waals surface area contributed by atoms with Crippen LogP contribution in [0.4, 0.5) is 0 Å². The number of hydrogen-bond acceptors (Lipinski definition) is 5. The van der Waals surface area contributed by atoms with Crippen molar-refractivity contribution >= 4 is 23.2 Å². The topological polar surface area (TPSA) is 67.9 Å². The van der Waals surface area contributed by atoms with Crippen molar-refractivity contribution in [3.8, 4) is 11.5 Å². The second kappa shape index (κ2) is 11.9. The predicted octanol–water partition coefficient (Wildman–Crippen LogP) is 5.14. The Bertz CT molecular complexity index is 1130. The first-order valence-electron chi connectivity index (χ1n) is 12.0. The average molecular weight is 493 g/mol. The first-order valence-corrected chi connectivity index (χ1v) is 12.8. The Morgan fingerprint density at radius 1 is 1.00 bits per heavy atom. The molecule has 1 aromatic heterocycles. The van der Waals surface area contributed by atoms with Gasteiger partial charge in [-0.15, -0.1) is 11.3 Å². The molecule has 1 aliphatic carbocycles. The lowest BCUT2D eigenvalue weighted by atomic mass is 10.0. The summed E-state index contributed by atoms with van der Waals surface area (Å²) in [5, 5.41) is 5.18. The van der Waals surface area contributed by atoms with E-state index < -0.39 is 6.04 Å². The third kappa shape index (κ3) is 6.42. The summed E-state index contributed by atoms with van der Waals surface area (Å²) in [4.78, 5) is 30.2. The third-order valence-electron chi connectivity index (χ3n) is 6.38. The molecule has 7 heteroatoms. The highest BCUT2D eigenvalue weighted by molar-refractivity contribution is 7.10. The molecule has 0 saturated heterocycles. The molecular weight excluding hydrogens is 460 g/mol. The molecule has 1 saturated carbocycles. The molecule has 0 aliphatic heterocycles. The number of thiophene rings is 1. The van der Waals surface area contributed by atoms with E-state index >= 15 is 0 Å². The van der Waals surface area contributed by atoms with Gasteiger partial charge in [0, 0.05) is 17.5 Å². The summed E-state index contributed by atoms with van der Waals surface area (Å²) in [5.74, 6) is 1.09. The fourth-order valence-electron chi connectivity index (χ4n) is 4.59. The maximum atomic E-state index is 13.8. The molecule has 1 atom stereocenters. The number of hydrogen-bond donors (Lipinski definition) is 1. The van der Waals surface area contributed by atoms with Gasteiger partial charge in [-0.05, 0) is 59.7 Å². The van der Waals surface area contributed by atoms with Gasteiger partial charge in [-0.2, -0.15) is 0 Å². The van der Waals surface area contributed by atoms with Crippen molar-refractivity contribution in [3.63, 3.8) is 0 Å². The number of ether oxygens (including phenoxy) is 2. The van der Waals surface area contributed by atoms with Gasteiger partial charge in [-0.1, -0.05) is 43.2 Å². The van der Waals surface area contributed by atoms with E-state index in [0.29, 0.717) is 11.5 Å². The van der Waals surface area contributed by atoms with Crippen molar-refractivity contribution in [1.29, 1.82) is 0 Å². The van der Waals surface area contributed by atoms with Gasteiger partial charge in [0.15, 0.2) is 0 Å². The molecule has 3 aromatic rings. The first kappa shape index (κ1) is 24.8. The second-order valence-electron chi connectivity index (χ2n) is 8.80. The monoisotopic (exact) mass is 492 g/mol. The van der Waals surface area contributed by atoms with Crippen molar-refractivity contribution in [1.82, 2.24) is 10.2 Å². The molecular formula is C28H32N2O4S. The van der Waals surface area contributed by atoms with Gasteiger partial charge in [-0.3, -0.25) is 9.59 Å². The molecule has 0 unspecified atom stereocenters. The number of carbonyl (C=O) groups is 2. The van der Waals surface area contributed by atoms with E-state index in [0.717, 1.165) is 41.7 Å². The van der Waals surface area contributed by atoms with E-state index in [1.54, 1.807) is 30.5 Å². The van der Waals surface area contributed by atoms with Crippen LogP contribution >= 0.6 is 11.3 Å². The van der Waals surface area contributed by atoms with Gasteiger partial charge in [-0.25, -0.2) is 0 Å². The largest absolute Gasteiger partial charge is 0.497 e. The van der Waals surface area contributed by atoms with Crippen LogP contribution in [0.1, 0.15) is 47.7 Å². The minimum absolute atomic E-state index is 0.107. The Balaban J connectivity index is 1.72. The number of methoxy groups -OCH3 is 2. The molecule has 35 heavy (non-hydrogen) atoms. The lowest BCUT2D eigenvalue weighted by Crippen LogP contribution is -2.46. The fraction of sp³-hybridized carbons (Fsp3) is 0.357. The maximum Gasteiger partial charge on any atom is 0.247 e. The van der Waals surface area contributed by atoms with Crippen LogP contribution in [-0.2, 0) is 22.6 Å². The zero-order valence-corrected chi connectivity index (χ0v) is 21.1. The summed E-state index contributed by atoms with van der Waals surface area (Å²) in [6, 6.07) is 18.3. The van der Waals surface area contributed by atoms with Crippen molar-refractivity contribution in [2.24, 2.45) is 0 Å². The van der Waals surface area contributed by atoms with Gasteiger partial charge in [0.2, 0.25) is 11.8 Å². The molecule has 184 valence electrons. The number of rotatable bonds is 10. The number of amides is 2. The summed E-state index contributed by atoms with van der Waals surface area (Å²) in [5.41, 5.74) is 1.62. The summed E-state index contributed by atoms with van der Waals surface area (Å²) in [6.45, 7) is 0.279. The van der Waals surface area contributed by atoms with Gasteiger partial charge in [0.05, 0.1) is 20.6 Å². The summed E-state index contributed by atoms with van der Waals surface area (Å²) in [6.07, 6.45) is 4.39. The Labute approximate surface area is 210 Å². The van der Waals surface area contributed by atoms with Crippen LogP contribution < -0.4 is 14.8 Å². The Morgan fingerprint density at radius 3 is 2.40 bits per heavy atom. The zero-order valence-electron chi connectivity index (χ0n) is 20.2. The van der Waals surface area contributed by atoms with Crippen molar-refractivity contribution in [2.45, 2.75) is 50.7 Å². The molecule has 2 aromatic carbocycles. The Hall–Kier alpha value is -3.32. The van der Waals surface area contributed by atoms with E-state index in [-0.39, 0.29) is 30.8 Å². The van der Waals surface area contributed by atoms with E-state index in [2.05, 4.69) is 5.32 Å². The molecule has 1 N–H and O–H groups in total. The van der Waals surface area contributed by atoms with E-state index in [1.807, 2.05) is 66.0 Å². The molecule has 0 spiro atoms. The van der Waals surface area contributed by atoms with Gasteiger partial charge in [0.1, 0.15) is 17.5 Å². The smallest absolute Gasteiger partial charge is 0.247 e. The standard InChI is InChI=1S/C28H32N2O4S/c1-33-23-12-5-8-20(16-23)19-30(26(31)18-25-14-7-15-35-25)27(21-9-6-13-24(17-21)34-2)28(32)29-22-10-3-4-11-22/h5-9,12-17,22,27H,3-4,10-11,18-19H2,1-2H3,(H,29,32)/t27-/m0/s1. The van der Waals surface area contributed by atoms with Crippen LogP contribution in [0.25, 0.3) is 0 Å². The van der Waals surface area contributed by atoms with Crippen LogP contribution in [-0.4, -0.2) is 37.0 Å². The van der Waals surface area contributed by atoms with Crippen LogP contribution in [0.15, 0.2) is 66.0 Å². The number of carbonyl (C=O) groups excluding carboxylic acids is 2. The Kier molecular flexibility index (Phi) is 8.42. The van der Waals surface area contributed by atoms with Crippen LogP contribution in [0.3, 0.4) is 0 Å². The van der Waals surface area contributed by atoms with Crippen LogP contribution in [0, 0.1) is 0 Å². The first-order chi connectivity index (χ1) is 17.1. The zero-order chi connectivity index (χ0) is 24.6. The van der Waals surface area contributed by atoms with E-state index in [9.17, 15) is 9.59 Å². The highest BCUT2D eigenvalue weighted by Crippen LogP contribution is 2.29. The maximum absolute atomic E-state index is 13.8. The third-order valence-corrected chi connectivity index (χ3v) is 7.26. The summed E-state index contributed by atoms with van der Waals surface area (Å²) >= 11 is 1.54. The quantitative estimate of drug-likeness (QED) is 0.426. The van der Waals surface area contributed by atoms with Crippen molar-refractivity contribution < 1.29 is 19.1 Å². The molecule has 1 heterocycles. The van der Waals surface area contributed by atoms with Crippen molar-refractivity contribution in [2.75, 3.05) is 14.2 Å². The molecule has 0 radical (unpaired) electrons. The molecule has 1 aliphatic rings. The fourth-order valence-corrected chi connectivity index (χ4v) is 5.29. The lowest BCUT2D eigenvalue weighted by Gasteiger charge is -2.32. The van der Waals surface area contributed by atoms with E-state index in [1.165, 1.54) is 0 Å². The molecule has 1 fully saturated rings. The second-order valence-corrected chi connectivity index (χ2v) is 9.83. The SMILES string of the molecule is COc1cccc(CN(C(=O)Cc2cccs2)[C@H](C(=O)NC2CCCC2)c2cccc(OC)c2)c1. The molecule has 2 amide bonds. The summed E-state index contributed by atoms with van der Waals surface area (Å²) in [7, 11) is 3.22. The molecule has 6 nitrogen and oxygen atoms in total. The molecule has 4 rings (SSSR count). The van der Waals surface area contributed by atoms with Crippen LogP contribution in [0.5, 0.6) is 11.5 Å². The van der Waals surface area contributed by atoms with Gasteiger partial charge < -0.3 is 19.7 Å². The van der Waals surface area contributed by atoms with Crippen molar-refractivity contribution in [3.05, 3.63) is 82.0 Å². The minimum Gasteiger partial charge on any atom is -0.497 e. The number of nitrogens with zero attached hydrogens (tertiary/aromatic N) is 1. The number of nitrogens with one attached hydrogen (secondary N) is 1. The predicted molar refractivity (Wildman–Crippen MR) is 138 cm³/mol. The Morgan fingerprint density at radius 2 is 1.71 bits per heavy atom. The van der Waals surface area contributed by atoms with E-state index in [4.69, 9.17) is 9.47 Å². The highest BCUT2D eigenvalue weighted by Gasteiger charge is 2.33. The molecule has 0 bridgehead atoms. The van der Waals surface area contributed by atoms with Gasteiger partial charge >= 0.3 is 0 Å². The highest BCUT2D eigenvalue weighted by atomic mass is 32.1. The minimum atomic E-state index is -0.788. The normalized spacial score (nSPS) is 14.3. The van der Waals surface area contributed by atoms with Crippen LogP contribution in [0.2, 0.25) is 0 Å². The van der Waals surface area contributed by atoms with Gasteiger partial charge in [0.25, 0.3) is 0 Å². The average Bonchev–Trinajstić information content (AvgIpc) is 3.58. The number of benzene rings is 2. The summed E-state index contributed by atoms with van der Waals surface area (Å²) < 4.78 is 10.8.